The van der Waals surface area contributed by atoms with Crippen LogP contribution in [-0.4, -0.2) is 47.9 Å². The highest BCUT2D eigenvalue weighted by molar-refractivity contribution is 5.78. The summed E-state index contributed by atoms with van der Waals surface area (Å²) >= 11 is 0. The summed E-state index contributed by atoms with van der Waals surface area (Å²) in [5.41, 5.74) is 0.749. The first-order chi connectivity index (χ1) is 9.60. The van der Waals surface area contributed by atoms with E-state index < -0.39 is 0 Å². The van der Waals surface area contributed by atoms with Gasteiger partial charge in [-0.05, 0) is 31.0 Å². The Hall–Kier alpha value is -1.42. The minimum atomic E-state index is -0.281. The van der Waals surface area contributed by atoms with Gasteiger partial charge in [0.1, 0.15) is 5.82 Å². The minimum absolute atomic E-state index is 0.0967. The second-order valence-corrected chi connectivity index (χ2v) is 5.48. The standard InChI is InChI=1S/C16H23FN2O/c1-3-13(2)18-7-9-19(10-8-18)16(20)12-14-5-4-6-15(17)11-14/h4-6,11,13H,3,7-10,12H2,1-2H3. The van der Waals surface area contributed by atoms with Crippen molar-refractivity contribution >= 4 is 5.91 Å². The molecule has 0 saturated carbocycles. The van der Waals surface area contributed by atoms with Gasteiger partial charge in [-0.2, -0.15) is 0 Å². The third-order valence-corrected chi connectivity index (χ3v) is 4.13. The number of carbonyl (C=O) groups excluding carboxylic acids is 1. The van der Waals surface area contributed by atoms with Crippen molar-refractivity contribution in [1.29, 1.82) is 0 Å². The molecule has 4 heteroatoms. The van der Waals surface area contributed by atoms with Crippen LogP contribution < -0.4 is 0 Å². The first kappa shape index (κ1) is 15.0. The topological polar surface area (TPSA) is 23.6 Å². The van der Waals surface area contributed by atoms with E-state index in [0.29, 0.717) is 12.5 Å². The highest BCUT2D eigenvalue weighted by Gasteiger charge is 2.23. The molecule has 1 aromatic carbocycles. The number of hydrogen-bond donors (Lipinski definition) is 0. The number of benzene rings is 1. The number of amides is 1. The molecule has 1 amide bonds. The molecule has 1 unspecified atom stereocenters. The van der Waals surface area contributed by atoms with Crippen LogP contribution >= 0.6 is 0 Å². The van der Waals surface area contributed by atoms with Gasteiger partial charge in [-0.3, -0.25) is 9.69 Å². The fraction of sp³-hybridized carbons (Fsp3) is 0.562. The van der Waals surface area contributed by atoms with Gasteiger partial charge in [0, 0.05) is 32.2 Å². The molecular weight excluding hydrogens is 255 g/mol. The molecule has 1 heterocycles. The maximum Gasteiger partial charge on any atom is 0.227 e. The van der Waals surface area contributed by atoms with E-state index >= 15 is 0 Å². The van der Waals surface area contributed by atoms with Crippen LogP contribution in [0.1, 0.15) is 25.8 Å². The van der Waals surface area contributed by atoms with E-state index in [0.717, 1.165) is 38.2 Å². The Morgan fingerprint density at radius 2 is 2.00 bits per heavy atom. The Balaban J connectivity index is 1.86. The molecule has 0 aromatic heterocycles. The summed E-state index contributed by atoms with van der Waals surface area (Å²) in [6, 6.07) is 6.87. The molecular formula is C16H23FN2O. The molecule has 1 fully saturated rings. The fourth-order valence-electron chi connectivity index (χ4n) is 2.60. The Morgan fingerprint density at radius 1 is 1.30 bits per heavy atom. The Labute approximate surface area is 120 Å². The van der Waals surface area contributed by atoms with E-state index in [9.17, 15) is 9.18 Å². The normalized spacial score (nSPS) is 18.1. The summed E-state index contributed by atoms with van der Waals surface area (Å²) < 4.78 is 13.1. The predicted molar refractivity (Wildman–Crippen MR) is 78.0 cm³/mol. The average Bonchev–Trinajstić information content (AvgIpc) is 2.46. The zero-order chi connectivity index (χ0) is 14.5. The van der Waals surface area contributed by atoms with Crippen molar-refractivity contribution in [2.45, 2.75) is 32.7 Å². The van der Waals surface area contributed by atoms with Gasteiger partial charge in [0.2, 0.25) is 5.91 Å². The van der Waals surface area contributed by atoms with E-state index in [2.05, 4.69) is 18.7 Å². The molecule has 0 bridgehead atoms. The third kappa shape index (κ3) is 3.79. The Kier molecular flexibility index (Phi) is 5.12. The summed E-state index contributed by atoms with van der Waals surface area (Å²) in [5, 5.41) is 0. The largest absolute Gasteiger partial charge is 0.340 e. The molecule has 0 N–H and O–H groups in total. The van der Waals surface area contributed by atoms with E-state index in [1.54, 1.807) is 12.1 Å². The van der Waals surface area contributed by atoms with E-state index in [1.165, 1.54) is 12.1 Å². The summed E-state index contributed by atoms with van der Waals surface area (Å²) in [4.78, 5) is 16.5. The van der Waals surface area contributed by atoms with Gasteiger partial charge in [-0.15, -0.1) is 0 Å². The fourth-order valence-corrected chi connectivity index (χ4v) is 2.60. The summed E-state index contributed by atoms with van der Waals surface area (Å²) in [6.07, 6.45) is 1.43. The SMILES string of the molecule is CCC(C)N1CCN(C(=O)Cc2cccc(F)c2)CC1. The van der Waals surface area contributed by atoms with Gasteiger partial charge >= 0.3 is 0 Å². The lowest BCUT2D eigenvalue weighted by Gasteiger charge is -2.37. The van der Waals surface area contributed by atoms with Crippen LogP contribution in [0.15, 0.2) is 24.3 Å². The first-order valence-electron chi connectivity index (χ1n) is 7.36. The van der Waals surface area contributed by atoms with Crippen LogP contribution in [-0.2, 0) is 11.2 Å². The predicted octanol–water partition coefficient (Wildman–Crippen LogP) is 2.31. The van der Waals surface area contributed by atoms with Gasteiger partial charge in [0.15, 0.2) is 0 Å². The summed E-state index contributed by atoms with van der Waals surface area (Å²) in [7, 11) is 0. The molecule has 1 aromatic rings. The summed E-state index contributed by atoms with van der Waals surface area (Å²) in [5.74, 6) is -0.184. The maximum absolute atomic E-state index is 13.1. The van der Waals surface area contributed by atoms with Crippen LogP contribution in [0.2, 0.25) is 0 Å². The van der Waals surface area contributed by atoms with Crippen molar-refractivity contribution in [3.63, 3.8) is 0 Å². The van der Waals surface area contributed by atoms with Crippen molar-refractivity contribution in [1.82, 2.24) is 9.80 Å². The molecule has 1 aliphatic heterocycles. The quantitative estimate of drug-likeness (QED) is 0.844. The molecule has 0 aliphatic carbocycles. The van der Waals surface area contributed by atoms with Crippen molar-refractivity contribution < 1.29 is 9.18 Å². The molecule has 0 radical (unpaired) electrons. The lowest BCUT2D eigenvalue weighted by atomic mass is 10.1. The second-order valence-electron chi connectivity index (χ2n) is 5.48. The molecule has 2 rings (SSSR count). The van der Waals surface area contributed by atoms with Gasteiger partial charge in [-0.1, -0.05) is 19.1 Å². The van der Waals surface area contributed by atoms with Crippen molar-refractivity contribution in [2.24, 2.45) is 0 Å². The second kappa shape index (κ2) is 6.84. The Bertz CT molecular complexity index is 456. The molecule has 0 spiro atoms. The van der Waals surface area contributed by atoms with Gasteiger partial charge in [-0.25, -0.2) is 4.39 Å². The van der Waals surface area contributed by atoms with E-state index in [-0.39, 0.29) is 11.7 Å². The lowest BCUT2D eigenvalue weighted by Crippen LogP contribution is -2.51. The number of halogens is 1. The minimum Gasteiger partial charge on any atom is -0.340 e. The zero-order valence-corrected chi connectivity index (χ0v) is 12.3. The molecule has 3 nitrogen and oxygen atoms in total. The summed E-state index contributed by atoms with van der Waals surface area (Å²) in [6.45, 7) is 7.83. The van der Waals surface area contributed by atoms with Crippen LogP contribution in [0.4, 0.5) is 4.39 Å². The van der Waals surface area contributed by atoms with E-state index in [1.807, 2.05) is 4.90 Å². The zero-order valence-electron chi connectivity index (χ0n) is 12.3. The Morgan fingerprint density at radius 3 is 2.60 bits per heavy atom. The number of carbonyl (C=O) groups is 1. The van der Waals surface area contributed by atoms with Crippen molar-refractivity contribution in [3.05, 3.63) is 35.6 Å². The molecule has 1 saturated heterocycles. The van der Waals surface area contributed by atoms with Gasteiger partial charge in [0.25, 0.3) is 0 Å². The number of hydrogen-bond acceptors (Lipinski definition) is 2. The average molecular weight is 278 g/mol. The molecule has 110 valence electrons. The van der Waals surface area contributed by atoms with Crippen LogP contribution in [0.25, 0.3) is 0 Å². The number of piperazine rings is 1. The van der Waals surface area contributed by atoms with Gasteiger partial charge < -0.3 is 4.90 Å². The van der Waals surface area contributed by atoms with Crippen LogP contribution in [0.5, 0.6) is 0 Å². The maximum atomic E-state index is 13.1. The van der Waals surface area contributed by atoms with Gasteiger partial charge in [0.05, 0.1) is 6.42 Å². The number of nitrogens with zero attached hydrogens (tertiary/aromatic N) is 2. The molecule has 1 atom stereocenters. The van der Waals surface area contributed by atoms with E-state index in [4.69, 9.17) is 0 Å². The first-order valence-corrected chi connectivity index (χ1v) is 7.36. The highest BCUT2D eigenvalue weighted by Crippen LogP contribution is 2.11. The smallest absolute Gasteiger partial charge is 0.227 e. The highest BCUT2D eigenvalue weighted by atomic mass is 19.1. The van der Waals surface area contributed by atoms with Crippen LogP contribution in [0.3, 0.4) is 0 Å². The molecule has 1 aliphatic rings. The third-order valence-electron chi connectivity index (χ3n) is 4.13. The van der Waals surface area contributed by atoms with Crippen molar-refractivity contribution in [3.8, 4) is 0 Å². The number of rotatable bonds is 4. The lowest BCUT2D eigenvalue weighted by molar-refractivity contribution is -0.132. The monoisotopic (exact) mass is 278 g/mol. The molecule has 20 heavy (non-hydrogen) atoms. The van der Waals surface area contributed by atoms with Crippen LogP contribution in [0, 0.1) is 5.82 Å². The van der Waals surface area contributed by atoms with Crippen molar-refractivity contribution in [2.75, 3.05) is 26.2 Å².